The molecule has 1 heterocycles. The van der Waals surface area contributed by atoms with E-state index in [0.717, 1.165) is 18.3 Å². The number of carbonyl (C=O) groups is 1. The summed E-state index contributed by atoms with van der Waals surface area (Å²) in [6, 6.07) is 0. The average Bonchev–Trinajstić information content (AvgIpc) is 2.34. The van der Waals surface area contributed by atoms with E-state index in [4.69, 9.17) is 0 Å². The minimum absolute atomic E-state index is 0.284. The maximum atomic E-state index is 10.7. The molecule has 0 radical (unpaired) electrons. The first-order chi connectivity index (χ1) is 5.22. The zero-order valence-corrected chi connectivity index (χ0v) is 7.99. The molecule has 1 unspecified atom stereocenters. The summed E-state index contributed by atoms with van der Waals surface area (Å²) in [6.07, 6.45) is 3.39. The van der Waals surface area contributed by atoms with Gasteiger partial charge in [-0.1, -0.05) is 0 Å². The summed E-state index contributed by atoms with van der Waals surface area (Å²) in [4.78, 5) is 13.0. The minimum Gasteiger partial charge on any atom is -0.299 e. The Bertz CT molecular complexity index is 149. The summed E-state index contributed by atoms with van der Waals surface area (Å²) >= 11 is 1.91. The van der Waals surface area contributed by atoms with Crippen molar-refractivity contribution in [2.75, 3.05) is 25.9 Å². The van der Waals surface area contributed by atoms with Gasteiger partial charge in [0.1, 0.15) is 5.78 Å². The lowest BCUT2D eigenvalue weighted by molar-refractivity contribution is -0.117. The van der Waals surface area contributed by atoms with Crippen LogP contribution in [0.4, 0.5) is 0 Å². The normalized spacial score (nSPS) is 25.8. The van der Waals surface area contributed by atoms with Crippen LogP contribution in [0.1, 0.15) is 13.3 Å². The van der Waals surface area contributed by atoms with Gasteiger partial charge in [-0.15, -0.1) is 0 Å². The molecular weight excluding hydrogens is 158 g/mol. The predicted molar refractivity (Wildman–Crippen MR) is 49.0 cm³/mol. The number of thioether (sulfide) groups is 1. The van der Waals surface area contributed by atoms with E-state index in [1.807, 2.05) is 11.8 Å². The smallest absolute Gasteiger partial charge is 0.143 e. The molecule has 1 saturated heterocycles. The molecule has 0 saturated carbocycles. The molecule has 0 spiro atoms. The molecule has 0 aromatic heterocycles. The molecular formula is C8H15NOS. The van der Waals surface area contributed by atoms with E-state index in [-0.39, 0.29) is 5.78 Å². The molecule has 1 aliphatic heterocycles. The maximum absolute atomic E-state index is 10.7. The Morgan fingerprint density at radius 1 is 1.73 bits per heavy atom. The van der Waals surface area contributed by atoms with Gasteiger partial charge in [-0.2, -0.15) is 11.8 Å². The van der Waals surface area contributed by atoms with Crippen LogP contribution in [0.5, 0.6) is 0 Å². The Kier molecular flexibility index (Phi) is 3.40. The molecule has 1 atom stereocenters. The third-order valence-electron chi connectivity index (χ3n) is 2.01. The third kappa shape index (κ3) is 2.83. The van der Waals surface area contributed by atoms with Crippen LogP contribution in [0.2, 0.25) is 0 Å². The van der Waals surface area contributed by atoms with Crippen molar-refractivity contribution in [2.24, 2.45) is 0 Å². The second-order valence-corrected chi connectivity index (χ2v) is 4.22. The first kappa shape index (κ1) is 9.07. The molecule has 0 aromatic rings. The van der Waals surface area contributed by atoms with Crippen molar-refractivity contribution in [3.05, 3.63) is 0 Å². The van der Waals surface area contributed by atoms with Crippen molar-refractivity contribution in [3.8, 4) is 0 Å². The largest absolute Gasteiger partial charge is 0.299 e. The second kappa shape index (κ2) is 4.12. The standard InChI is InChI=1S/C8H15NOS/c1-7(10)5-9-4-3-8(6-9)11-2/h8H,3-6H2,1-2H3. The van der Waals surface area contributed by atoms with Gasteiger partial charge in [0.05, 0.1) is 6.54 Å². The highest BCUT2D eigenvalue weighted by Gasteiger charge is 2.21. The Balaban J connectivity index is 2.24. The van der Waals surface area contributed by atoms with Gasteiger partial charge in [-0.25, -0.2) is 0 Å². The number of carbonyl (C=O) groups excluding carboxylic acids is 1. The van der Waals surface area contributed by atoms with Crippen LogP contribution in [0.25, 0.3) is 0 Å². The maximum Gasteiger partial charge on any atom is 0.143 e. The van der Waals surface area contributed by atoms with Crippen LogP contribution >= 0.6 is 11.8 Å². The van der Waals surface area contributed by atoms with E-state index in [0.29, 0.717) is 6.54 Å². The van der Waals surface area contributed by atoms with Crippen LogP contribution in [0, 0.1) is 0 Å². The number of Topliss-reactive ketones (excluding diaryl/α,β-unsaturated/α-hetero) is 1. The Morgan fingerprint density at radius 2 is 2.45 bits per heavy atom. The zero-order valence-electron chi connectivity index (χ0n) is 7.17. The molecule has 1 fully saturated rings. The lowest BCUT2D eigenvalue weighted by Gasteiger charge is -2.12. The quantitative estimate of drug-likeness (QED) is 0.635. The van der Waals surface area contributed by atoms with E-state index in [1.54, 1.807) is 6.92 Å². The highest BCUT2D eigenvalue weighted by molar-refractivity contribution is 7.99. The highest BCUT2D eigenvalue weighted by Crippen LogP contribution is 2.19. The van der Waals surface area contributed by atoms with Crippen LogP contribution in [0.3, 0.4) is 0 Å². The van der Waals surface area contributed by atoms with E-state index in [1.165, 1.54) is 6.42 Å². The number of nitrogens with zero attached hydrogens (tertiary/aromatic N) is 1. The fourth-order valence-electron chi connectivity index (χ4n) is 1.45. The van der Waals surface area contributed by atoms with Gasteiger partial charge in [0.15, 0.2) is 0 Å². The zero-order chi connectivity index (χ0) is 8.27. The molecule has 1 rings (SSSR count). The van der Waals surface area contributed by atoms with Crippen molar-refractivity contribution in [1.82, 2.24) is 4.90 Å². The van der Waals surface area contributed by atoms with Gasteiger partial charge in [0.2, 0.25) is 0 Å². The molecule has 0 aromatic carbocycles. The number of hydrogen-bond acceptors (Lipinski definition) is 3. The summed E-state index contributed by atoms with van der Waals surface area (Å²) in [7, 11) is 0. The molecule has 64 valence electrons. The van der Waals surface area contributed by atoms with Gasteiger partial charge in [-0.3, -0.25) is 9.69 Å². The van der Waals surface area contributed by atoms with Crippen LogP contribution in [0.15, 0.2) is 0 Å². The fourth-order valence-corrected chi connectivity index (χ4v) is 2.15. The Labute approximate surface area is 72.3 Å². The van der Waals surface area contributed by atoms with E-state index < -0.39 is 0 Å². The monoisotopic (exact) mass is 173 g/mol. The predicted octanol–water partition coefficient (Wildman–Crippen LogP) is 1.01. The summed E-state index contributed by atoms with van der Waals surface area (Å²) in [5, 5.41) is 0.759. The Hall–Kier alpha value is -0.0200. The summed E-state index contributed by atoms with van der Waals surface area (Å²) in [5.41, 5.74) is 0. The van der Waals surface area contributed by atoms with E-state index in [2.05, 4.69) is 11.2 Å². The molecule has 2 nitrogen and oxygen atoms in total. The minimum atomic E-state index is 0.284. The number of ketones is 1. The van der Waals surface area contributed by atoms with Crippen molar-refractivity contribution >= 4 is 17.5 Å². The summed E-state index contributed by atoms with van der Waals surface area (Å²) in [5.74, 6) is 0.284. The molecule has 0 aliphatic carbocycles. The molecule has 11 heavy (non-hydrogen) atoms. The first-order valence-electron chi connectivity index (χ1n) is 3.97. The lowest BCUT2D eigenvalue weighted by Crippen LogP contribution is -2.26. The van der Waals surface area contributed by atoms with Gasteiger partial charge in [0.25, 0.3) is 0 Å². The van der Waals surface area contributed by atoms with E-state index in [9.17, 15) is 4.79 Å². The molecule has 0 amide bonds. The molecule has 1 aliphatic rings. The molecule has 3 heteroatoms. The van der Waals surface area contributed by atoms with Gasteiger partial charge in [0, 0.05) is 11.8 Å². The van der Waals surface area contributed by atoms with Gasteiger partial charge < -0.3 is 0 Å². The molecule has 0 N–H and O–H groups in total. The van der Waals surface area contributed by atoms with Crippen LogP contribution in [-0.2, 0) is 4.79 Å². The third-order valence-corrected chi connectivity index (χ3v) is 3.06. The average molecular weight is 173 g/mol. The Morgan fingerprint density at radius 3 is 2.91 bits per heavy atom. The van der Waals surface area contributed by atoms with Crippen molar-refractivity contribution < 1.29 is 4.79 Å². The van der Waals surface area contributed by atoms with Crippen molar-refractivity contribution in [2.45, 2.75) is 18.6 Å². The van der Waals surface area contributed by atoms with Gasteiger partial charge >= 0.3 is 0 Å². The van der Waals surface area contributed by atoms with Crippen molar-refractivity contribution in [1.29, 1.82) is 0 Å². The first-order valence-corrected chi connectivity index (χ1v) is 5.25. The van der Waals surface area contributed by atoms with Crippen molar-refractivity contribution in [3.63, 3.8) is 0 Å². The van der Waals surface area contributed by atoms with Crippen LogP contribution in [-0.4, -0.2) is 41.8 Å². The summed E-state index contributed by atoms with van der Waals surface area (Å²) in [6.45, 7) is 4.51. The second-order valence-electron chi connectivity index (χ2n) is 3.08. The van der Waals surface area contributed by atoms with Gasteiger partial charge in [-0.05, 0) is 26.1 Å². The lowest BCUT2D eigenvalue weighted by atomic mass is 10.4. The molecule has 0 bridgehead atoms. The van der Waals surface area contributed by atoms with E-state index >= 15 is 0 Å². The van der Waals surface area contributed by atoms with Crippen LogP contribution < -0.4 is 0 Å². The SMILES string of the molecule is CSC1CCN(CC(C)=O)C1. The number of hydrogen-bond donors (Lipinski definition) is 0. The highest BCUT2D eigenvalue weighted by atomic mass is 32.2. The number of likely N-dealkylation sites (tertiary alicyclic amines) is 1. The fraction of sp³-hybridized carbons (Fsp3) is 0.875. The summed E-state index contributed by atoms with van der Waals surface area (Å²) < 4.78 is 0. The number of rotatable bonds is 3. The topological polar surface area (TPSA) is 20.3 Å².